The van der Waals surface area contributed by atoms with Gasteiger partial charge in [-0.3, -0.25) is 9.59 Å². The Morgan fingerprint density at radius 1 is 1.08 bits per heavy atom. The van der Waals surface area contributed by atoms with E-state index in [2.05, 4.69) is 10.6 Å². The van der Waals surface area contributed by atoms with E-state index >= 15 is 0 Å². The van der Waals surface area contributed by atoms with Gasteiger partial charge in [0.25, 0.3) is 5.91 Å². The zero-order chi connectivity index (χ0) is 18.4. The molecule has 2 rings (SSSR count). The maximum Gasteiger partial charge on any atom is 0.256 e. The van der Waals surface area contributed by atoms with Gasteiger partial charge in [-0.2, -0.15) is 0 Å². The van der Waals surface area contributed by atoms with Crippen LogP contribution in [0.15, 0.2) is 47.4 Å². The predicted octanol–water partition coefficient (Wildman–Crippen LogP) is 3.83. The minimum Gasteiger partial charge on any atom is -0.353 e. The summed E-state index contributed by atoms with van der Waals surface area (Å²) >= 11 is 1.22. The number of halogens is 2. The number of amides is 2. The molecule has 2 aromatic rings. The van der Waals surface area contributed by atoms with Crippen molar-refractivity contribution < 1.29 is 18.4 Å². The summed E-state index contributed by atoms with van der Waals surface area (Å²) in [5, 5.41) is 5.24. The summed E-state index contributed by atoms with van der Waals surface area (Å²) in [6, 6.07) is 9.57. The number of anilines is 1. The van der Waals surface area contributed by atoms with Gasteiger partial charge < -0.3 is 10.6 Å². The van der Waals surface area contributed by atoms with Crippen molar-refractivity contribution in [2.45, 2.75) is 24.8 Å². The quantitative estimate of drug-likeness (QED) is 0.766. The number of carbonyl (C=O) groups excluding carboxylic acids is 2. The normalized spacial score (nSPS) is 10.6. The molecule has 4 nitrogen and oxygen atoms in total. The van der Waals surface area contributed by atoms with Gasteiger partial charge in [0.15, 0.2) is 0 Å². The Hall–Kier alpha value is -2.41. The Balaban J connectivity index is 2.10. The summed E-state index contributed by atoms with van der Waals surface area (Å²) in [6.07, 6.45) is 0. The van der Waals surface area contributed by atoms with Crippen LogP contribution in [0.2, 0.25) is 0 Å². The van der Waals surface area contributed by atoms with Crippen molar-refractivity contribution >= 4 is 29.3 Å². The van der Waals surface area contributed by atoms with Gasteiger partial charge in [-0.15, -0.1) is 11.8 Å². The smallest absolute Gasteiger partial charge is 0.256 e. The molecule has 0 atom stereocenters. The molecular formula is C18H18F2N2O2S. The van der Waals surface area contributed by atoms with E-state index in [1.807, 2.05) is 13.8 Å². The molecule has 0 aromatic heterocycles. The zero-order valence-corrected chi connectivity index (χ0v) is 14.6. The summed E-state index contributed by atoms with van der Waals surface area (Å²) in [5.41, 5.74) is 0.356. The fourth-order valence-corrected chi connectivity index (χ4v) is 2.97. The SMILES string of the molecule is CC(C)NC(=O)CSc1ccccc1C(=O)Nc1cc(F)cc(F)c1. The maximum atomic E-state index is 13.2. The average molecular weight is 364 g/mol. The Morgan fingerprint density at radius 2 is 1.72 bits per heavy atom. The largest absolute Gasteiger partial charge is 0.353 e. The van der Waals surface area contributed by atoms with Crippen molar-refractivity contribution in [1.29, 1.82) is 0 Å². The molecule has 0 radical (unpaired) electrons. The summed E-state index contributed by atoms with van der Waals surface area (Å²) in [4.78, 5) is 24.8. The highest BCUT2D eigenvalue weighted by Crippen LogP contribution is 2.24. The topological polar surface area (TPSA) is 58.2 Å². The second-order valence-corrected chi connectivity index (χ2v) is 6.64. The molecule has 7 heteroatoms. The van der Waals surface area contributed by atoms with Crippen LogP contribution in [0, 0.1) is 11.6 Å². The number of benzene rings is 2. The standard InChI is InChI=1S/C18H18F2N2O2S/c1-11(2)21-17(23)10-25-16-6-4-3-5-15(16)18(24)22-14-8-12(19)7-13(20)9-14/h3-9,11H,10H2,1-2H3,(H,21,23)(H,22,24). The highest BCUT2D eigenvalue weighted by Gasteiger charge is 2.14. The third-order valence-electron chi connectivity index (χ3n) is 3.06. The van der Waals surface area contributed by atoms with Crippen LogP contribution in [-0.4, -0.2) is 23.6 Å². The average Bonchev–Trinajstić information content (AvgIpc) is 2.51. The van der Waals surface area contributed by atoms with E-state index in [0.29, 0.717) is 10.5 Å². The van der Waals surface area contributed by atoms with Gasteiger partial charge in [-0.25, -0.2) is 8.78 Å². The van der Waals surface area contributed by atoms with Crippen LogP contribution in [0.5, 0.6) is 0 Å². The predicted molar refractivity (Wildman–Crippen MR) is 94.8 cm³/mol. The highest BCUT2D eigenvalue weighted by atomic mass is 32.2. The van der Waals surface area contributed by atoms with Crippen molar-refractivity contribution in [3.05, 3.63) is 59.7 Å². The lowest BCUT2D eigenvalue weighted by Gasteiger charge is -2.11. The first-order valence-electron chi connectivity index (χ1n) is 7.64. The van der Waals surface area contributed by atoms with Gasteiger partial charge in [-0.05, 0) is 38.1 Å². The molecule has 2 aromatic carbocycles. The van der Waals surface area contributed by atoms with E-state index in [1.165, 1.54) is 11.8 Å². The molecule has 0 aliphatic rings. The Labute approximate surface area is 149 Å². The van der Waals surface area contributed by atoms with Gasteiger partial charge in [0.05, 0.1) is 11.3 Å². The third kappa shape index (κ3) is 5.86. The number of carbonyl (C=O) groups is 2. The highest BCUT2D eigenvalue weighted by molar-refractivity contribution is 8.00. The van der Waals surface area contributed by atoms with Crippen LogP contribution in [-0.2, 0) is 4.79 Å². The maximum absolute atomic E-state index is 13.2. The van der Waals surface area contributed by atoms with Crippen molar-refractivity contribution in [2.24, 2.45) is 0 Å². The Kier molecular flexibility index (Phi) is 6.52. The van der Waals surface area contributed by atoms with Crippen LogP contribution in [0.1, 0.15) is 24.2 Å². The molecule has 0 aliphatic heterocycles. The molecule has 0 saturated heterocycles. The van der Waals surface area contributed by atoms with E-state index in [9.17, 15) is 18.4 Å². The molecule has 132 valence electrons. The molecule has 0 spiro atoms. The minimum absolute atomic E-state index is 0.0276. The minimum atomic E-state index is -0.775. The van der Waals surface area contributed by atoms with Crippen molar-refractivity contribution in [1.82, 2.24) is 5.32 Å². The molecule has 0 fully saturated rings. The van der Waals surface area contributed by atoms with Gasteiger partial charge in [0, 0.05) is 22.7 Å². The number of hydrogen-bond donors (Lipinski definition) is 2. The van der Waals surface area contributed by atoms with E-state index in [1.54, 1.807) is 24.3 Å². The van der Waals surface area contributed by atoms with Crippen molar-refractivity contribution in [3.8, 4) is 0 Å². The summed E-state index contributed by atoms with van der Waals surface area (Å²) < 4.78 is 26.5. The molecular weight excluding hydrogens is 346 g/mol. The van der Waals surface area contributed by atoms with Crippen molar-refractivity contribution in [3.63, 3.8) is 0 Å². The third-order valence-corrected chi connectivity index (χ3v) is 4.13. The van der Waals surface area contributed by atoms with Crippen LogP contribution in [0.4, 0.5) is 14.5 Å². The summed E-state index contributed by atoms with van der Waals surface area (Å²) in [6.45, 7) is 3.73. The van der Waals surface area contributed by atoms with Gasteiger partial charge in [-0.1, -0.05) is 12.1 Å². The van der Waals surface area contributed by atoms with Crippen LogP contribution >= 0.6 is 11.8 Å². The fourth-order valence-electron chi connectivity index (χ4n) is 2.11. The molecule has 0 bridgehead atoms. The molecule has 0 aliphatic carbocycles. The Morgan fingerprint density at radius 3 is 2.36 bits per heavy atom. The monoisotopic (exact) mass is 364 g/mol. The van der Waals surface area contributed by atoms with Gasteiger partial charge in [0.2, 0.25) is 5.91 Å². The zero-order valence-electron chi connectivity index (χ0n) is 13.8. The first-order valence-corrected chi connectivity index (χ1v) is 8.62. The number of thioether (sulfide) groups is 1. The molecule has 0 saturated carbocycles. The lowest BCUT2D eigenvalue weighted by molar-refractivity contribution is -0.119. The number of nitrogens with one attached hydrogen (secondary N) is 2. The van der Waals surface area contributed by atoms with Crippen molar-refractivity contribution in [2.75, 3.05) is 11.1 Å². The van der Waals surface area contributed by atoms with E-state index in [4.69, 9.17) is 0 Å². The van der Waals surface area contributed by atoms with Gasteiger partial charge in [0.1, 0.15) is 11.6 Å². The molecule has 0 heterocycles. The van der Waals surface area contributed by atoms with Crippen LogP contribution in [0.25, 0.3) is 0 Å². The fraction of sp³-hybridized carbons (Fsp3) is 0.222. The molecule has 0 unspecified atom stereocenters. The van der Waals surface area contributed by atoms with Gasteiger partial charge >= 0.3 is 0 Å². The summed E-state index contributed by atoms with van der Waals surface area (Å²) in [5.74, 6) is -2.02. The first-order chi connectivity index (χ1) is 11.8. The number of rotatable bonds is 6. The lowest BCUT2D eigenvalue weighted by Crippen LogP contribution is -2.31. The van der Waals surface area contributed by atoms with E-state index in [0.717, 1.165) is 18.2 Å². The lowest BCUT2D eigenvalue weighted by atomic mass is 10.2. The van der Waals surface area contributed by atoms with Crippen LogP contribution < -0.4 is 10.6 Å². The number of hydrogen-bond acceptors (Lipinski definition) is 3. The molecule has 2 N–H and O–H groups in total. The second-order valence-electron chi connectivity index (χ2n) is 5.62. The van der Waals surface area contributed by atoms with Crippen LogP contribution in [0.3, 0.4) is 0 Å². The van der Waals surface area contributed by atoms with E-state index < -0.39 is 17.5 Å². The summed E-state index contributed by atoms with van der Waals surface area (Å²) in [7, 11) is 0. The van der Waals surface area contributed by atoms with E-state index in [-0.39, 0.29) is 23.4 Å². The first kappa shape index (κ1) is 18.9. The Bertz CT molecular complexity index is 761. The second kappa shape index (κ2) is 8.62. The molecule has 2 amide bonds. The molecule has 25 heavy (non-hydrogen) atoms.